The van der Waals surface area contributed by atoms with Gasteiger partial charge in [0.2, 0.25) is 0 Å². The topological polar surface area (TPSA) is 68.3 Å². The number of aliphatic imine (C=N–C) groups is 1. The number of hydrogen-bond donors (Lipinski definition) is 1. The van der Waals surface area contributed by atoms with Crippen LogP contribution in [0.2, 0.25) is 5.02 Å². The molecule has 0 saturated heterocycles. The van der Waals surface area contributed by atoms with Crippen LogP contribution in [0.5, 0.6) is 0 Å². The van der Waals surface area contributed by atoms with Crippen molar-refractivity contribution in [3.05, 3.63) is 64.2 Å². The van der Waals surface area contributed by atoms with Crippen LogP contribution in [0.25, 0.3) is 0 Å². The van der Waals surface area contributed by atoms with E-state index in [1.54, 1.807) is 6.07 Å². The molecular formula is C20H19ClF3N3O. The second-order valence-corrected chi connectivity index (χ2v) is 7.73. The van der Waals surface area contributed by atoms with Crippen LogP contribution in [0.1, 0.15) is 41.9 Å². The van der Waals surface area contributed by atoms with E-state index in [0.29, 0.717) is 10.6 Å². The lowest BCUT2D eigenvalue weighted by molar-refractivity contribution is 0.0988. The average molecular weight is 410 g/mol. The molecule has 1 aromatic heterocycles. The van der Waals surface area contributed by atoms with Crippen LogP contribution in [-0.2, 0) is 12.0 Å². The Morgan fingerprint density at radius 1 is 1.32 bits per heavy atom. The lowest BCUT2D eigenvalue weighted by Crippen LogP contribution is -2.51. The smallest absolute Gasteiger partial charge is 0.185 e. The fraction of sp³-hybridized carbons (Fsp3) is 0.350. The third-order valence-corrected chi connectivity index (χ3v) is 5.24. The van der Waals surface area contributed by atoms with E-state index in [1.165, 1.54) is 31.3 Å². The Bertz CT molecular complexity index is 946. The highest BCUT2D eigenvalue weighted by molar-refractivity contribution is 6.30. The standard InChI is InChI=1S/C20H19ClF3N3O/c1-19(24)9-17(23)20(2,27-18(19)25)13-7-11(3-5-14(13)22)8-16(28)15-6-4-12(21)10-26-15/h3-7,10,17H,8-9H2,1-2H3,(H2,25,27)/t17-,19+,20+/m0/s1. The Morgan fingerprint density at radius 3 is 2.68 bits per heavy atom. The predicted octanol–water partition coefficient (Wildman–Crippen LogP) is 4.34. The number of pyridine rings is 1. The zero-order chi connectivity index (χ0) is 20.7. The van der Waals surface area contributed by atoms with Crippen molar-refractivity contribution in [2.75, 3.05) is 0 Å². The normalized spacial score (nSPS) is 27.4. The third kappa shape index (κ3) is 3.76. The van der Waals surface area contributed by atoms with Gasteiger partial charge in [-0.05, 0) is 43.7 Å². The lowest BCUT2D eigenvalue weighted by Gasteiger charge is -2.39. The number of rotatable bonds is 4. The van der Waals surface area contributed by atoms with Crippen molar-refractivity contribution < 1.29 is 18.0 Å². The number of benzene rings is 1. The second kappa shape index (κ2) is 7.20. The summed E-state index contributed by atoms with van der Waals surface area (Å²) in [7, 11) is 0. The highest BCUT2D eigenvalue weighted by Gasteiger charge is 2.49. The highest BCUT2D eigenvalue weighted by Crippen LogP contribution is 2.42. The van der Waals surface area contributed by atoms with Crippen molar-refractivity contribution in [3.8, 4) is 0 Å². The number of carbonyl (C=O) groups is 1. The van der Waals surface area contributed by atoms with E-state index in [4.69, 9.17) is 17.3 Å². The van der Waals surface area contributed by atoms with Crippen molar-refractivity contribution in [2.45, 2.75) is 44.1 Å². The zero-order valence-electron chi connectivity index (χ0n) is 15.3. The zero-order valence-corrected chi connectivity index (χ0v) is 16.1. The summed E-state index contributed by atoms with van der Waals surface area (Å²) in [6.45, 7) is 2.51. The minimum absolute atomic E-state index is 0.0744. The van der Waals surface area contributed by atoms with Gasteiger partial charge in [0.1, 0.15) is 29.1 Å². The molecule has 8 heteroatoms. The quantitative estimate of drug-likeness (QED) is 0.763. The van der Waals surface area contributed by atoms with Crippen LogP contribution >= 0.6 is 11.6 Å². The summed E-state index contributed by atoms with van der Waals surface area (Å²) in [5.41, 5.74) is 2.46. The van der Waals surface area contributed by atoms with Gasteiger partial charge in [-0.3, -0.25) is 14.8 Å². The Balaban J connectivity index is 1.95. The molecule has 3 atom stereocenters. The summed E-state index contributed by atoms with van der Waals surface area (Å²) >= 11 is 5.76. The van der Waals surface area contributed by atoms with E-state index in [9.17, 15) is 18.0 Å². The molecule has 2 aromatic rings. The van der Waals surface area contributed by atoms with E-state index < -0.39 is 29.6 Å². The molecule has 28 heavy (non-hydrogen) atoms. The Kier molecular flexibility index (Phi) is 5.23. The summed E-state index contributed by atoms with van der Waals surface area (Å²) < 4.78 is 43.6. The van der Waals surface area contributed by atoms with Gasteiger partial charge in [0.05, 0.1) is 5.02 Å². The van der Waals surface area contributed by atoms with Gasteiger partial charge in [-0.2, -0.15) is 0 Å². The molecule has 0 saturated carbocycles. The van der Waals surface area contributed by atoms with Gasteiger partial charge in [-0.1, -0.05) is 17.7 Å². The number of hydrogen-bond acceptors (Lipinski definition) is 4. The fourth-order valence-corrected chi connectivity index (χ4v) is 3.30. The van der Waals surface area contributed by atoms with Crippen LogP contribution in [0.4, 0.5) is 13.2 Å². The van der Waals surface area contributed by atoms with E-state index in [2.05, 4.69) is 9.98 Å². The second-order valence-electron chi connectivity index (χ2n) is 7.29. The van der Waals surface area contributed by atoms with Crippen molar-refractivity contribution >= 4 is 23.2 Å². The number of ketones is 1. The van der Waals surface area contributed by atoms with E-state index in [1.807, 2.05) is 0 Å². The molecule has 0 unspecified atom stereocenters. The molecule has 2 N–H and O–H groups in total. The van der Waals surface area contributed by atoms with E-state index in [0.717, 1.165) is 13.0 Å². The van der Waals surface area contributed by atoms with Crippen molar-refractivity contribution in [2.24, 2.45) is 10.7 Å². The molecule has 4 nitrogen and oxygen atoms in total. The molecule has 148 valence electrons. The molecule has 0 spiro atoms. The van der Waals surface area contributed by atoms with Gasteiger partial charge >= 0.3 is 0 Å². The Hall–Kier alpha value is -2.41. The minimum atomic E-state index is -2.09. The number of amidine groups is 1. The molecule has 1 aromatic carbocycles. The number of alkyl halides is 2. The monoisotopic (exact) mass is 409 g/mol. The Labute approximate surface area is 165 Å². The highest BCUT2D eigenvalue weighted by atomic mass is 35.5. The van der Waals surface area contributed by atoms with Gasteiger partial charge in [0.15, 0.2) is 11.5 Å². The van der Waals surface area contributed by atoms with Crippen molar-refractivity contribution in [3.63, 3.8) is 0 Å². The van der Waals surface area contributed by atoms with Crippen molar-refractivity contribution in [1.29, 1.82) is 0 Å². The molecule has 2 heterocycles. The maximum Gasteiger partial charge on any atom is 0.185 e. The SMILES string of the molecule is C[C@@]1(F)C[C@H](F)[C@@](C)(c2cc(CC(=O)c3ccc(Cl)cn3)ccc2F)N=C1N. The molecule has 0 bridgehead atoms. The van der Waals surface area contributed by atoms with Gasteiger partial charge in [-0.25, -0.2) is 13.2 Å². The maximum absolute atomic E-state index is 14.8. The van der Waals surface area contributed by atoms with Crippen LogP contribution < -0.4 is 5.73 Å². The number of carbonyl (C=O) groups excluding carboxylic acids is 1. The van der Waals surface area contributed by atoms with Crippen molar-refractivity contribution in [1.82, 2.24) is 4.98 Å². The Morgan fingerprint density at radius 2 is 2.04 bits per heavy atom. The van der Waals surface area contributed by atoms with E-state index >= 15 is 0 Å². The predicted molar refractivity (Wildman–Crippen MR) is 102 cm³/mol. The first-order valence-corrected chi connectivity index (χ1v) is 9.03. The fourth-order valence-electron chi connectivity index (χ4n) is 3.19. The first-order chi connectivity index (χ1) is 13.0. The lowest BCUT2D eigenvalue weighted by atomic mass is 9.78. The number of Topliss-reactive ketones (excluding diaryl/α,β-unsaturated/α-hetero) is 1. The molecular weight excluding hydrogens is 391 g/mol. The van der Waals surface area contributed by atoms with Crippen LogP contribution in [0.15, 0.2) is 41.5 Å². The molecule has 0 radical (unpaired) electrons. The molecule has 0 aliphatic carbocycles. The molecule has 1 aliphatic heterocycles. The van der Waals surface area contributed by atoms with Gasteiger partial charge in [0.25, 0.3) is 0 Å². The first kappa shape index (κ1) is 20.3. The number of aromatic nitrogens is 1. The van der Waals surface area contributed by atoms with Crippen LogP contribution in [0, 0.1) is 5.82 Å². The van der Waals surface area contributed by atoms with E-state index in [-0.39, 0.29) is 29.3 Å². The molecule has 0 fully saturated rings. The number of nitrogens with two attached hydrogens (primary N) is 1. The largest absolute Gasteiger partial charge is 0.385 e. The summed E-state index contributed by atoms with van der Waals surface area (Å²) in [5, 5.41) is 0.398. The number of nitrogens with zero attached hydrogens (tertiary/aromatic N) is 2. The number of halogens is 4. The van der Waals surface area contributed by atoms with Gasteiger partial charge in [-0.15, -0.1) is 0 Å². The summed E-state index contributed by atoms with van der Waals surface area (Å²) in [6, 6.07) is 6.97. The van der Waals surface area contributed by atoms with Crippen LogP contribution in [-0.4, -0.2) is 28.4 Å². The summed E-state index contributed by atoms with van der Waals surface area (Å²) in [5.74, 6) is -1.39. The maximum atomic E-state index is 14.8. The average Bonchev–Trinajstić information content (AvgIpc) is 2.62. The van der Waals surface area contributed by atoms with Crippen LogP contribution in [0.3, 0.4) is 0 Å². The summed E-state index contributed by atoms with van der Waals surface area (Å²) in [4.78, 5) is 20.3. The molecule has 1 aliphatic rings. The third-order valence-electron chi connectivity index (χ3n) is 5.01. The van der Waals surface area contributed by atoms with Gasteiger partial charge < -0.3 is 5.73 Å². The first-order valence-electron chi connectivity index (χ1n) is 8.65. The molecule has 3 rings (SSSR count). The molecule has 0 amide bonds. The minimum Gasteiger partial charge on any atom is -0.385 e. The van der Waals surface area contributed by atoms with Gasteiger partial charge in [0, 0.05) is 24.6 Å². The summed E-state index contributed by atoms with van der Waals surface area (Å²) in [6.07, 6.45) is -1.04.